The lowest BCUT2D eigenvalue weighted by Crippen LogP contribution is -2.17. The van der Waals surface area contributed by atoms with E-state index in [0.29, 0.717) is 0 Å². The molecule has 2 heteroatoms. The molecule has 0 aromatic carbocycles. The number of hydrogen-bond acceptors (Lipinski definition) is 1. The van der Waals surface area contributed by atoms with Gasteiger partial charge < -0.3 is 0 Å². The van der Waals surface area contributed by atoms with Gasteiger partial charge in [-0.3, -0.25) is 4.98 Å². The molecule has 0 N–H and O–H groups in total. The molecule has 0 saturated carbocycles. The highest BCUT2D eigenvalue weighted by molar-refractivity contribution is 6.31. The minimum absolute atomic E-state index is 0.143. The molecule has 1 aromatic heterocycles. The van der Waals surface area contributed by atoms with Crippen LogP contribution in [0.1, 0.15) is 38.3 Å². The molecule has 0 fully saturated rings. The van der Waals surface area contributed by atoms with Crippen molar-refractivity contribution in [1.82, 2.24) is 4.98 Å². The van der Waals surface area contributed by atoms with Crippen LogP contribution in [0.15, 0.2) is 12.4 Å². The summed E-state index contributed by atoms with van der Waals surface area (Å²) in [5, 5.41) is 0.784. The molecular formula is C11H16ClN. The van der Waals surface area contributed by atoms with Crippen molar-refractivity contribution < 1.29 is 0 Å². The average molecular weight is 198 g/mol. The third-order valence-electron chi connectivity index (χ3n) is 2.65. The van der Waals surface area contributed by atoms with Crippen LogP contribution in [-0.4, -0.2) is 4.98 Å². The Hall–Kier alpha value is -0.560. The van der Waals surface area contributed by atoms with Gasteiger partial charge in [-0.15, -0.1) is 0 Å². The van der Waals surface area contributed by atoms with Crippen molar-refractivity contribution in [3.05, 3.63) is 28.5 Å². The average Bonchev–Trinajstić information content (AvgIpc) is 2.03. The maximum Gasteiger partial charge on any atom is 0.0629 e. The summed E-state index contributed by atoms with van der Waals surface area (Å²) >= 11 is 6.13. The number of hydrogen-bond donors (Lipinski definition) is 0. The molecule has 0 aliphatic heterocycles. The van der Waals surface area contributed by atoms with Crippen LogP contribution in [0.2, 0.25) is 5.02 Å². The van der Waals surface area contributed by atoms with Crippen molar-refractivity contribution >= 4 is 11.6 Å². The number of pyridine rings is 1. The molecule has 13 heavy (non-hydrogen) atoms. The molecule has 0 atom stereocenters. The van der Waals surface area contributed by atoms with Crippen molar-refractivity contribution in [3.63, 3.8) is 0 Å². The van der Waals surface area contributed by atoms with Gasteiger partial charge in [0.2, 0.25) is 0 Å². The third kappa shape index (κ3) is 2.02. The van der Waals surface area contributed by atoms with E-state index in [2.05, 4.69) is 32.7 Å². The predicted molar refractivity (Wildman–Crippen MR) is 57.3 cm³/mol. The van der Waals surface area contributed by atoms with Crippen LogP contribution in [0.25, 0.3) is 0 Å². The Labute approximate surface area is 85.1 Å². The van der Waals surface area contributed by atoms with Crippen molar-refractivity contribution in [1.29, 1.82) is 0 Å². The van der Waals surface area contributed by atoms with E-state index in [9.17, 15) is 0 Å². The Morgan fingerprint density at radius 1 is 1.38 bits per heavy atom. The van der Waals surface area contributed by atoms with Gasteiger partial charge in [0.15, 0.2) is 0 Å². The Balaban J connectivity index is 3.28. The molecule has 0 bridgehead atoms. The van der Waals surface area contributed by atoms with E-state index in [1.807, 2.05) is 6.20 Å². The monoisotopic (exact) mass is 197 g/mol. The van der Waals surface area contributed by atoms with Gasteiger partial charge >= 0.3 is 0 Å². The number of halogens is 1. The van der Waals surface area contributed by atoms with E-state index in [-0.39, 0.29) is 5.41 Å². The van der Waals surface area contributed by atoms with Gasteiger partial charge in [0.05, 0.1) is 5.02 Å². The number of aromatic nitrogens is 1. The van der Waals surface area contributed by atoms with Gasteiger partial charge in [0, 0.05) is 12.4 Å². The summed E-state index contributed by atoms with van der Waals surface area (Å²) in [6.07, 6.45) is 4.68. The largest absolute Gasteiger partial charge is 0.263 e. The lowest BCUT2D eigenvalue weighted by molar-refractivity contribution is 0.503. The molecule has 0 aliphatic rings. The molecule has 1 heterocycles. The first-order chi connectivity index (χ1) is 5.99. The van der Waals surface area contributed by atoms with Crippen LogP contribution < -0.4 is 0 Å². The van der Waals surface area contributed by atoms with E-state index >= 15 is 0 Å². The second-order valence-corrected chi connectivity index (χ2v) is 4.46. The van der Waals surface area contributed by atoms with Crippen molar-refractivity contribution in [2.45, 2.75) is 39.5 Å². The molecule has 0 spiro atoms. The standard InChI is InChI=1S/C11H16ClN/c1-5-11(3,4)10-8(2)6-13-7-9(10)12/h6-7H,5H2,1-4H3. The molecule has 0 amide bonds. The lowest BCUT2D eigenvalue weighted by atomic mass is 9.80. The fourth-order valence-corrected chi connectivity index (χ4v) is 2.03. The molecule has 0 saturated heterocycles. The quantitative estimate of drug-likeness (QED) is 0.704. The zero-order chi connectivity index (χ0) is 10.1. The van der Waals surface area contributed by atoms with Crippen LogP contribution in [0, 0.1) is 6.92 Å². The molecule has 1 nitrogen and oxygen atoms in total. The fourth-order valence-electron chi connectivity index (χ4n) is 1.57. The van der Waals surface area contributed by atoms with E-state index in [1.165, 1.54) is 11.1 Å². The summed E-state index contributed by atoms with van der Waals surface area (Å²) in [4.78, 5) is 4.06. The van der Waals surface area contributed by atoms with Gasteiger partial charge in [-0.2, -0.15) is 0 Å². The van der Waals surface area contributed by atoms with Gasteiger partial charge in [0.25, 0.3) is 0 Å². The summed E-state index contributed by atoms with van der Waals surface area (Å²) in [6.45, 7) is 8.66. The van der Waals surface area contributed by atoms with Gasteiger partial charge in [0.1, 0.15) is 0 Å². The van der Waals surface area contributed by atoms with E-state index < -0.39 is 0 Å². The molecule has 72 valence electrons. The smallest absolute Gasteiger partial charge is 0.0629 e. The Morgan fingerprint density at radius 3 is 2.46 bits per heavy atom. The van der Waals surface area contributed by atoms with Crippen LogP contribution in [0.3, 0.4) is 0 Å². The van der Waals surface area contributed by atoms with Crippen molar-refractivity contribution in [3.8, 4) is 0 Å². The zero-order valence-corrected chi connectivity index (χ0v) is 9.44. The Bertz CT molecular complexity index is 285. The van der Waals surface area contributed by atoms with Crippen molar-refractivity contribution in [2.24, 2.45) is 0 Å². The molecule has 1 aromatic rings. The number of aryl methyl sites for hydroxylation is 1. The SMILES string of the molecule is CCC(C)(C)c1c(C)cncc1Cl. The lowest BCUT2D eigenvalue weighted by Gasteiger charge is -2.26. The number of rotatable bonds is 2. The summed E-state index contributed by atoms with van der Waals surface area (Å²) in [6, 6.07) is 0. The second kappa shape index (κ2) is 3.67. The predicted octanol–water partition coefficient (Wildman–Crippen LogP) is 3.73. The molecule has 0 unspecified atom stereocenters. The zero-order valence-electron chi connectivity index (χ0n) is 8.69. The summed E-state index contributed by atoms with van der Waals surface area (Å²) < 4.78 is 0. The fraction of sp³-hybridized carbons (Fsp3) is 0.545. The number of nitrogens with zero attached hydrogens (tertiary/aromatic N) is 1. The van der Waals surface area contributed by atoms with Crippen LogP contribution in [0.5, 0.6) is 0 Å². The van der Waals surface area contributed by atoms with E-state index in [4.69, 9.17) is 11.6 Å². The van der Waals surface area contributed by atoms with E-state index in [1.54, 1.807) is 6.20 Å². The Kier molecular flexibility index (Phi) is 2.97. The van der Waals surface area contributed by atoms with Crippen LogP contribution >= 0.6 is 11.6 Å². The molecule has 0 radical (unpaired) electrons. The minimum atomic E-state index is 0.143. The molecular weight excluding hydrogens is 182 g/mol. The second-order valence-electron chi connectivity index (χ2n) is 4.05. The minimum Gasteiger partial charge on any atom is -0.263 e. The highest BCUT2D eigenvalue weighted by Gasteiger charge is 2.22. The Morgan fingerprint density at radius 2 is 2.00 bits per heavy atom. The van der Waals surface area contributed by atoms with E-state index in [0.717, 1.165) is 11.4 Å². The maximum absolute atomic E-state index is 6.13. The van der Waals surface area contributed by atoms with Crippen LogP contribution in [0.4, 0.5) is 0 Å². The van der Waals surface area contributed by atoms with Gasteiger partial charge in [-0.05, 0) is 29.9 Å². The first-order valence-corrected chi connectivity index (χ1v) is 4.97. The van der Waals surface area contributed by atoms with Crippen LogP contribution in [-0.2, 0) is 5.41 Å². The molecule has 0 aliphatic carbocycles. The highest BCUT2D eigenvalue weighted by Crippen LogP contribution is 2.33. The summed E-state index contributed by atoms with van der Waals surface area (Å²) in [7, 11) is 0. The first kappa shape index (κ1) is 10.5. The highest BCUT2D eigenvalue weighted by atomic mass is 35.5. The van der Waals surface area contributed by atoms with Crippen molar-refractivity contribution in [2.75, 3.05) is 0 Å². The summed E-state index contributed by atoms with van der Waals surface area (Å²) in [5.41, 5.74) is 2.55. The summed E-state index contributed by atoms with van der Waals surface area (Å²) in [5.74, 6) is 0. The maximum atomic E-state index is 6.13. The topological polar surface area (TPSA) is 12.9 Å². The normalized spacial score (nSPS) is 11.8. The third-order valence-corrected chi connectivity index (χ3v) is 2.94. The van der Waals surface area contributed by atoms with Gasteiger partial charge in [-0.1, -0.05) is 32.4 Å². The molecule has 1 rings (SSSR count). The first-order valence-electron chi connectivity index (χ1n) is 4.59. The van der Waals surface area contributed by atoms with Gasteiger partial charge in [-0.25, -0.2) is 0 Å².